The number of carbonyl (C=O) groups excluding carboxylic acids is 1. The van der Waals surface area contributed by atoms with E-state index in [-0.39, 0.29) is 0 Å². The molecule has 9 heteroatoms. The number of nitrogens with one attached hydrogen (secondary N) is 2. The van der Waals surface area contributed by atoms with Gasteiger partial charge in [-0.2, -0.15) is 4.37 Å². The molecule has 0 atom stereocenters. The third-order valence-electron chi connectivity index (χ3n) is 1.11. The Morgan fingerprint density at radius 2 is 2.33 bits per heavy atom. The second-order valence-corrected chi connectivity index (χ2v) is 3.14. The lowest BCUT2D eigenvalue weighted by atomic mass is 10.7. The summed E-state index contributed by atoms with van der Waals surface area (Å²) in [6, 6.07) is -0.701. The van der Waals surface area contributed by atoms with Gasteiger partial charge in [-0.3, -0.25) is 10.2 Å². The lowest BCUT2D eigenvalue weighted by Crippen LogP contribution is -2.30. The number of amides is 2. The lowest BCUT2D eigenvalue weighted by molar-refractivity contribution is -0.143. The maximum absolute atomic E-state index is 11.0. The van der Waals surface area contributed by atoms with E-state index in [1.54, 1.807) is 6.92 Å². The first-order valence-corrected chi connectivity index (χ1v) is 4.56. The van der Waals surface area contributed by atoms with Gasteiger partial charge >= 0.3 is 12.0 Å². The van der Waals surface area contributed by atoms with Crippen molar-refractivity contribution in [3.63, 3.8) is 0 Å². The van der Waals surface area contributed by atoms with Crippen molar-refractivity contribution in [2.45, 2.75) is 6.92 Å². The number of carbonyl (C=O) groups is 2. The molecule has 3 N–H and O–H groups in total. The molecule has 8 nitrogen and oxygen atoms in total. The molecule has 1 heterocycles. The van der Waals surface area contributed by atoms with Crippen molar-refractivity contribution in [1.82, 2.24) is 14.8 Å². The molecule has 82 valence electrons. The van der Waals surface area contributed by atoms with Crippen LogP contribution < -0.4 is 10.8 Å². The van der Waals surface area contributed by atoms with Crippen molar-refractivity contribution in [2.24, 2.45) is 0 Å². The van der Waals surface area contributed by atoms with Crippen molar-refractivity contribution < 1.29 is 19.5 Å². The largest absolute Gasteiger partial charge is 0.479 e. The summed E-state index contributed by atoms with van der Waals surface area (Å²) in [5.74, 6) is -0.635. The maximum atomic E-state index is 11.0. The fraction of sp³-hybridized carbons (Fsp3) is 0.333. The Kier molecular flexibility index (Phi) is 3.94. The lowest BCUT2D eigenvalue weighted by Gasteiger charge is -2.02. The van der Waals surface area contributed by atoms with Crippen LogP contribution in [-0.4, -0.2) is 33.1 Å². The second kappa shape index (κ2) is 5.22. The van der Waals surface area contributed by atoms with Crippen molar-refractivity contribution in [1.29, 1.82) is 0 Å². The summed E-state index contributed by atoms with van der Waals surface area (Å²) >= 11 is 1.01. The number of aromatic nitrogens is 2. The highest BCUT2D eigenvalue weighted by Gasteiger charge is 2.06. The quantitative estimate of drug-likeness (QED) is 0.629. The molecule has 0 aliphatic carbocycles. The van der Waals surface area contributed by atoms with E-state index in [2.05, 4.69) is 19.5 Å². The van der Waals surface area contributed by atoms with E-state index in [0.29, 0.717) is 11.0 Å². The average Bonchev–Trinajstić information content (AvgIpc) is 2.50. The molecule has 1 aromatic rings. The van der Waals surface area contributed by atoms with Gasteiger partial charge in [0.05, 0.1) is 0 Å². The van der Waals surface area contributed by atoms with Crippen LogP contribution in [0.15, 0.2) is 0 Å². The van der Waals surface area contributed by atoms with Crippen molar-refractivity contribution in [3.8, 4) is 0 Å². The monoisotopic (exact) mass is 232 g/mol. The number of hydrogen-bond acceptors (Lipinski definition) is 6. The van der Waals surface area contributed by atoms with E-state index in [1.165, 1.54) is 0 Å². The zero-order chi connectivity index (χ0) is 11.3. The van der Waals surface area contributed by atoms with Gasteiger partial charge in [-0.1, -0.05) is 0 Å². The molecule has 0 aliphatic heterocycles. The van der Waals surface area contributed by atoms with Gasteiger partial charge in [0.1, 0.15) is 5.82 Å². The SMILES string of the molecule is Cc1nsc(NC(=O)NOCC(=O)O)n1. The third-order valence-corrected chi connectivity index (χ3v) is 1.83. The van der Waals surface area contributed by atoms with Crippen molar-refractivity contribution in [2.75, 3.05) is 11.9 Å². The van der Waals surface area contributed by atoms with Gasteiger partial charge in [-0.25, -0.2) is 20.1 Å². The Morgan fingerprint density at radius 3 is 2.87 bits per heavy atom. The first-order chi connectivity index (χ1) is 7.08. The Morgan fingerprint density at radius 1 is 1.60 bits per heavy atom. The first kappa shape index (κ1) is 11.3. The second-order valence-electron chi connectivity index (χ2n) is 2.39. The van der Waals surface area contributed by atoms with Gasteiger partial charge < -0.3 is 5.11 Å². The van der Waals surface area contributed by atoms with Crippen LogP contribution in [0.1, 0.15) is 5.82 Å². The van der Waals surface area contributed by atoms with Gasteiger partial charge in [0, 0.05) is 11.5 Å². The summed E-state index contributed by atoms with van der Waals surface area (Å²) in [4.78, 5) is 29.2. The Labute approximate surface area is 88.4 Å². The van der Waals surface area contributed by atoms with Gasteiger partial charge in [0.2, 0.25) is 5.13 Å². The number of hydrogen-bond donors (Lipinski definition) is 3. The molecular formula is C6H8N4O4S. The Balaban J connectivity index is 2.27. The van der Waals surface area contributed by atoms with Crippen molar-refractivity contribution >= 4 is 28.7 Å². The van der Waals surface area contributed by atoms with Gasteiger partial charge in [-0.15, -0.1) is 0 Å². The van der Waals surface area contributed by atoms with E-state index in [9.17, 15) is 9.59 Å². The molecule has 0 saturated heterocycles. The van der Waals surface area contributed by atoms with Crippen LogP contribution in [0, 0.1) is 6.92 Å². The summed E-state index contributed by atoms with van der Waals surface area (Å²) in [6.45, 7) is 1.07. The summed E-state index contributed by atoms with van der Waals surface area (Å²) in [5.41, 5.74) is 1.88. The number of carboxylic acid groups (broad SMARTS) is 1. The minimum atomic E-state index is -1.18. The van der Waals surface area contributed by atoms with Crippen molar-refractivity contribution in [3.05, 3.63) is 5.82 Å². The summed E-state index contributed by atoms with van der Waals surface area (Å²) in [7, 11) is 0. The molecule has 0 spiro atoms. The van der Waals surface area contributed by atoms with E-state index in [4.69, 9.17) is 5.11 Å². The first-order valence-electron chi connectivity index (χ1n) is 3.79. The molecule has 0 fully saturated rings. The number of aliphatic carboxylic acids is 1. The predicted octanol–water partition coefficient (Wildman–Crippen LogP) is -0.0158. The minimum Gasteiger partial charge on any atom is -0.479 e. The zero-order valence-electron chi connectivity index (χ0n) is 7.68. The number of anilines is 1. The number of hydroxylamine groups is 1. The zero-order valence-corrected chi connectivity index (χ0v) is 8.50. The number of rotatable bonds is 4. The molecule has 0 aliphatic rings. The molecule has 0 aromatic carbocycles. The summed E-state index contributed by atoms with van der Waals surface area (Å²) in [6.07, 6.45) is 0. The molecule has 0 bridgehead atoms. The maximum Gasteiger partial charge on any atom is 0.345 e. The molecule has 1 rings (SSSR count). The number of carboxylic acids is 1. The van der Waals surface area contributed by atoms with Crippen LogP contribution >= 0.6 is 11.5 Å². The van der Waals surface area contributed by atoms with Crippen LogP contribution in [0.25, 0.3) is 0 Å². The minimum absolute atomic E-state index is 0.309. The molecule has 2 amide bonds. The number of nitrogens with zero attached hydrogens (tertiary/aromatic N) is 2. The molecule has 0 radical (unpaired) electrons. The van der Waals surface area contributed by atoms with Gasteiger partial charge in [-0.05, 0) is 6.92 Å². The van der Waals surface area contributed by atoms with E-state index in [1.807, 2.05) is 5.48 Å². The highest BCUT2D eigenvalue weighted by Crippen LogP contribution is 2.09. The number of aryl methyl sites for hydroxylation is 1. The number of urea groups is 1. The fourth-order valence-corrected chi connectivity index (χ4v) is 1.20. The van der Waals surface area contributed by atoms with Gasteiger partial charge in [0.25, 0.3) is 0 Å². The van der Waals surface area contributed by atoms with Crippen LogP contribution in [-0.2, 0) is 9.63 Å². The van der Waals surface area contributed by atoms with E-state index < -0.39 is 18.6 Å². The Bertz CT molecular complexity index is 366. The third kappa shape index (κ3) is 4.33. The van der Waals surface area contributed by atoms with Gasteiger partial charge in [0.15, 0.2) is 6.61 Å². The fourth-order valence-electron chi connectivity index (χ4n) is 0.634. The standard InChI is InChI=1S/C6H8N4O4S/c1-3-7-6(15-10-3)8-5(13)9-14-2-4(11)12/h2H2,1H3,(H,11,12)(H2,7,8,9,10,13). The van der Waals surface area contributed by atoms with Crippen LogP contribution in [0.2, 0.25) is 0 Å². The van der Waals surface area contributed by atoms with Crippen LogP contribution in [0.4, 0.5) is 9.93 Å². The Hall–Kier alpha value is -1.74. The highest BCUT2D eigenvalue weighted by atomic mass is 32.1. The average molecular weight is 232 g/mol. The normalized spacial score (nSPS) is 9.67. The summed E-state index contributed by atoms with van der Waals surface area (Å²) < 4.78 is 3.83. The smallest absolute Gasteiger partial charge is 0.345 e. The molecule has 0 unspecified atom stereocenters. The van der Waals surface area contributed by atoms with Crippen LogP contribution in [0.5, 0.6) is 0 Å². The molecule has 15 heavy (non-hydrogen) atoms. The predicted molar refractivity (Wildman–Crippen MR) is 50.4 cm³/mol. The molecule has 1 aromatic heterocycles. The topological polar surface area (TPSA) is 113 Å². The van der Waals surface area contributed by atoms with Crippen LogP contribution in [0.3, 0.4) is 0 Å². The summed E-state index contributed by atoms with van der Waals surface area (Å²) in [5, 5.41) is 10.8. The van der Waals surface area contributed by atoms with E-state index in [0.717, 1.165) is 11.5 Å². The van der Waals surface area contributed by atoms with E-state index >= 15 is 0 Å². The molecular weight excluding hydrogens is 224 g/mol. The highest BCUT2D eigenvalue weighted by molar-refractivity contribution is 7.09. The molecule has 0 saturated carbocycles.